The van der Waals surface area contributed by atoms with Gasteiger partial charge in [0, 0.05) is 38.7 Å². The Morgan fingerprint density at radius 3 is 2.69 bits per heavy atom. The van der Waals surface area contributed by atoms with Crippen molar-refractivity contribution in [1.82, 2.24) is 16.0 Å². The summed E-state index contributed by atoms with van der Waals surface area (Å²) in [6.45, 7) is 10.9. The number of benzene rings is 1. The van der Waals surface area contributed by atoms with E-state index in [1.165, 1.54) is 0 Å². The van der Waals surface area contributed by atoms with Crippen molar-refractivity contribution in [1.29, 1.82) is 0 Å². The Bertz CT molecular complexity index is 689. The molecule has 1 saturated heterocycles. The monoisotopic (exact) mass is 518 g/mol. The Balaban J connectivity index is 0.00000420. The lowest BCUT2D eigenvalue weighted by atomic mass is 9.92. The van der Waals surface area contributed by atoms with Crippen LogP contribution in [0.15, 0.2) is 23.2 Å². The highest BCUT2D eigenvalue weighted by atomic mass is 127. The quantitative estimate of drug-likeness (QED) is 0.280. The molecule has 29 heavy (non-hydrogen) atoms. The molecule has 1 heterocycles. The molecule has 1 fully saturated rings. The van der Waals surface area contributed by atoms with Crippen LogP contribution in [0.2, 0.25) is 0 Å². The number of carbonyl (C=O) groups excluding carboxylic acids is 1. The van der Waals surface area contributed by atoms with Gasteiger partial charge in [0.1, 0.15) is 11.9 Å². The van der Waals surface area contributed by atoms with E-state index < -0.39 is 5.41 Å². The molecule has 0 aromatic heterocycles. The molecule has 1 aliphatic rings. The number of rotatable bonds is 8. The molecule has 0 radical (unpaired) electrons. The van der Waals surface area contributed by atoms with Crippen molar-refractivity contribution < 1.29 is 14.3 Å². The summed E-state index contributed by atoms with van der Waals surface area (Å²) in [5, 5.41) is 9.42. The highest BCUT2D eigenvalue weighted by Gasteiger charge is 2.27. The number of amides is 1. The van der Waals surface area contributed by atoms with Crippen LogP contribution in [-0.2, 0) is 16.1 Å². The number of carbonyl (C=O) groups is 1. The van der Waals surface area contributed by atoms with Gasteiger partial charge in [-0.15, -0.1) is 24.0 Å². The van der Waals surface area contributed by atoms with Gasteiger partial charge in [0.2, 0.25) is 5.91 Å². The molecule has 0 spiro atoms. The van der Waals surface area contributed by atoms with E-state index in [1.807, 2.05) is 20.8 Å². The number of hydrogen-bond acceptors (Lipinski definition) is 4. The predicted octanol–water partition coefficient (Wildman–Crippen LogP) is 2.61. The summed E-state index contributed by atoms with van der Waals surface area (Å²) in [4.78, 5) is 16.4. The minimum atomic E-state index is -0.533. The Labute approximate surface area is 191 Å². The largest absolute Gasteiger partial charge is 0.488 e. The average molecular weight is 518 g/mol. The molecule has 1 aromatic rings. The van der Waals surface area contributed by atoms with Crippen LogP contribution < -0.4 is 20.7 Å². The van der Waals surface area contributed by atoms with Crippen molar-refractivity contribution in [3.63, 3.8) is 0 Å². The smallest absolute Gasteiger partial charge is 0.227 e. The molecule has 0 aliphatic carbocycles. The van der Waals surface area contributed by atoms with Gasteiger partial charge in [0.25, 0.3) is 0 Å². The number of guanidine groups is 1. The van der Waals surface area contributed by atoms with Crippen molar-refractivity contribution in [3.8, 4) is 5.75 Å². The van der Waals surface area contributed by atoms with Gasteiger partial charge in [-0.25, -0.2) is 0 Å². The summed E-state index contributed by atoms with van der Waals surface area (Å²) in [6, 6.07) is 6.20. The molecule has 1 amide bonds. The highest BCUT2D eigenvalue weighted by Crippen LogP contribution is 2.23. The topological polar surface area (TPSA) is 84.0 Å². The molecule has 0 saturated carbocycles. The molecule has 2 rings (SSSR count). The minimum absolute atomic E-state index is 0. The van der Waals surface area contributed by atoms with E-state index in [9.17, 15) is 4.79 Å². The Morgan fingerprint density at radius 2 is 2.07 bits per heavy atom. The zero-order chi connectivity index (χ0) is 20.6. The Morgan fingerprint density at radius 1 is 1.31 bits per heavy atom. The summed E-state index contributed by atoms with van der Waals surface area (Å²) >= 11 is 0. The molecule has 3 N–H and O–H groups in total. The predicted molar refractivity (Wildman–Crippen MR) is 127 cm³/mol. The summed E-state index contributed by atoms with van der Waals surface area (Å²) in [5.74, 6) is 1.54. The number of nitrogens with zero attached hydrogens (tertiary/aromatic N) is 1. The van der Waals surface area contributed by atoms with Crippen LogP contribution in [-0.4, -0.2) is 51.3 Å². The van der Waals surface area contributed by atoms with Crippen molar-refractivity contribution >= 4 is 35.8 Å². The summed E-state index contributed by atoms with van der Waals surface area (Å²) in [6.07, 6.45) is 1.02. The fraction of sp³-hybridized carbons (Fsp3) is 0.619. The lowest BCUT2D eigenvalue weighted by Crippen LogP contribution is -2.47. The van der Waals surface area contributed by atoms with Crippen molar-refractivity contribution in [3.05, 3.63) is 29.3 Å². The van der Waals surface area contributed by atoms with E-state index >= 15 is 0 Å². The second-order valence-corrected chi connectivity index (χ2v) is 7.74. The van der Waals surface area contributed by atoms with Crippen LogP contribution in [0, 0.1) is 12.3 Å². The fourth-order valence-electron chi connectivity index (χ4n) is 2.89. The second kappa shape index (κ2) is 12.2. The van der Waals surface area contributed by atoms with E-state index in [1.54, 1.807) is 7.05 Å². The van der Waals surface area contributed by atoms with E-state index in [-0.39, 0.29) is 36.0 Å². The first-order valence-corrected chi connectivity index (χ1v) is 9.92. The molecular formula is C21H35IN4O3. The lowest BCUT2D eigenvalue weighted by molar-refractivity contribution is -0.128. The van der Waals surface area contributed by atoms with Crippen LogP contribution in [0.1, 0.15) is 38.3 Å². The first-order valence-electron chi connectivity index (χ1n) is 9.92. The van der Waals surface area contributed by atoms with Gasteiger partial charge in [0.05, 0.1) is 18.6 Å². The Hall–Kier alpha value is -1.55. The zero-order valence-corrected chi connectivity index (χ0v) is 20.5. The van der Waals surface area contributed by atoms with Gasteiger partial charge < -0.3 is 25.4 Å². The van der Waals surface area contributed by atoms with Crippen LogP contribution in [0.4, 0.5) is 0 Å². The van der Waals surface area contributed by atoms with E-state index in [4.69, 9.17) is 9.47 Å². The van der Waals surface area contributed by atoms with E-state index in [0.29, 0.717) is 32.2 Å². The molecule has 164 valence electrons. The third-order valence-corrected chi connectivity index (χ3v) is 4.72. The number of ether oxygens (including phenoxy) is 2. The highest BCUT2D eigenvalue weighted by molar-refractivity contribution is 14.0. The first-order chi connectivity index (χ1) is 13.4. The van der Waals surface area contributed by atoms with Crippen molar-refractivity contribution in [2.24, 2.45) is 10.4 Å². The second-order valence-electron chi connectivity index (χ2n) is 7.74. The van der Waals surface area contributed by atoms with Crippen molar-refractivity contribution in [2.45, 2.75) is 46.8 Å². The number of halogens is 1. The Kier molecular flexibility index (Phi) is 10.7. The van der Waals surface area contributed by atoms with Crippen molar-refractivity contribution in [2.75, 3.05) is 33.4 Å². The zero-order valence-electron chi connectivity index (χ0n) is 18.1. The average Bonchev–Trinajstić information content (AvgIpc) is 3.16. The molecular weight excluding hydrogens is 483 g/mol. The van der Waals surface area contributed by atoms with Gasteiger partial charge in [-0.2, -0.15) is 0 Å². The van der Waals surface area contributed by atoms with E-state index in [2.05, 4.69) is 46.1 Å². The van der Waals surface area contributed by atoms with Crippen LogP contribution >= 0.6 is 24.0 Å². The molecule has 1 aromatic carbocycles. The number of aryl methyl sites for hydroxylation is 1. The summed E-state index contributed by atoms with van der Waals surface area (Å²) in [7, 11) is 1.72. The minimum Gasteiger partial charge on any atom is -0.488 e. The normalized spacial score (nSPS) is 16.7. The van der Waals surface area contributed by atoms with Gasteiger partial charge in [-0.1, -0.05) is 12.1 Å². The molecule has 0 bridgehead atoms. The standard InChI is InChI=1S/C21H34N4O3.HI/c1-6-23-19(26)21(3,4)14-25-20(22-5)24-12-16-8-7-15(2)11-18(16)28-17-9-10-27-13-17;/h7-8,11,17H,6,9-10,12-14H2,1-5H3,(H,23,26)(H2,22,24,25);1H. The fourth-order valence-corrected chi connectivity index (χ4v) is 2.89. The van der Waals surface area contributed by atoms with Crippen LogP contribution in [0.5, 0.6) is 5.75 Å². The first kappa shape index (κ1) is 25.5. The van der Waals surface area contributed by atoms with Gasteiger partial charge >= 0.3 is 0 Å². The molecule has 8 heteroatoms. The van der Waals surface area contributed by atoms with E-state index in [0.717, 1.165) is 29.9 Å². The molecule has 1 aliphatic heterocycles. The maximum Gasteiger partial charge on any atom is 0.227 e. The van der Waals surface area contributed by atoms with Crippen LogP contribution in [0.3, 0.4) is 0 Å². The maximum atomic E-state index is 12.1. The molecule has 7 nitrogen and oxygen atoms in total. The van der Waals surface area contributed by atoms with Gasteiger partial charge in [-0.3, -0.25) is 9.79 Å². The van der Waals surface area contributed by atoms with Gasteiger partial charge in [0.15, 0.2) is 5.96 Å². The number of hydrogen-bond donors (Lipinski definition) is 3. The molecule has 1 atom stereocenters. The SMILES string of the molecule is CCNC(=O)C(C)(C)CNC(=NC)NCc1ccc(C)cc1OC1CCOC1.I. The summed E-state index contributed by atoms with van der Waals surface area (Å²) in [5.41, 5.74) is 1.68. The van der Waals surface area contributed by atoms with Crippen LogP contribution in [0.25, 0.3) is 0 Å². The number of aliphatic imine (C=N–C) groups is 1. The molecule has 1 unspecified atom stereocenters. The third-order valence-electron chi connectivity index (χ3n) is 4.72. The lowest BCUT2D eigenvalue weighted by Gasteiger charge is -2.25. The van der Waals surface area contributed by atoms with Gasteiger partial charge in [-0.05, 0) is 39.3 Å². The maximum absolute atomic E-state index is 12.1. The summed E-state index contributed by atoms with van der Waals surface area (Å²) < 4.78 is 11.6. The third kappa shape index (κ3) is 8.00. The number of nitrogens with one attached hydrogen (secondary N) is 3.